The maximum atomic E-state index is 5.91. The summed E-state index contributed by atoms with van der Waals surface area (Å²) in [7, 11) is 0. The zero-order chi connectivity index (χ0) is 17.5. The monoisotopic (exact) mass is 369 g/mol. The quantitative estimate of drug-likeness (QED) is 0.506. The molecule has 0 N–H and O–H groups in total. The van der Waals surface area contributed by atoms with Gasteiger partial charge in [0.1, 0.15) is 12.4 Å². The number of para-hydroxylation sites is 1. The Morgan fingerprint density at radius 3 is 2.80 bits per heavy atom. The SMILES string of the molecule is CSC(=S)C1(c2cccnc2)CCCC/C1=C\COc1ccccc1. The predicted octanol–water partition coefficient (Wildman–Crippen LogP) is 5.59. The van der Waals surface area contributed by atoms with E-state index in [1.807, 2.05) is 48.8 Å². The summed E-state index contributed by atoms with van der Waals surface area (Å²) in [6, 6.07) is 14.1. The molecule has 1 aliphatic rings. The molecular formula is C21H23NOS2. The Kier molecular flexibility index (Phi) is 6.27. The van der Waals surface area contributed by atoms with Crippen molar-refractivity contribution in [2.45, 2.75) is 31.1 Å². The summed E-state index contributed by atoms with van der Waals surface area (Å²) < 4.78 is 6.94. The molecule has 2 aromatic rings. The zero-order valence-corrected chi connectivity index (χ0v) is 16.1. The number of aromatic nitrogens is 1. The summed E-state index contributed by atoms with van der Waals surface area (Å²) in [4.78, 5) is 4.36. The van der Waals surface area contributed by atoms with Gasteiger partial charge in [-0.3, -0.25) is 4.98 Å². The van der Waals surface area contributed by atoms with Gasteiger partial charge in [0.05, 0.1) is 9.61 Å². The molecule has 0 radical (unpaired) electrons. The van der Waals surface area contributed by atoms with Gasteiger partial charge >= 0.3 is 0 Å². The van der Waals surface area contributed by atoms with Crippen LogP contribution in [0.2, 0.25) is 0 Å². The van der Waals surface area contributed by atoms with Crippen molar-refractivity contribution in [2.75, 3.05) is 12.9 Å². The fraction of sp³-hybridized carbons (Fsp3) is 0.333. The van der Waals surface area contributed by atoms with Crippen molar-refractivity contribution < 1.29 is 4.74 Å². The summed E-state index contributed by atoms with van der Waals surface area (Å²) >= 11 is 7.52. The van der Waals surface area contributed by atoms with Crippen molar-refractivity contribution in [3.63, 3.8) is 0 Å². The largest absolute Gasteiger partial charge is 0.490 e. The van der Waals surface area contributed by atoms with Gasteiger partial charge in [-0.25, -0.2) is 0 Å². The van der Waals surface area contributed by atoms with E-state index in [4.69, 9.17) is 17.0 Å². The van der Waals surface area contributed by atoms with Crippen LogP contribution < -0.4 is 4.74 Å². The highest BCUT2D eigenvalue weighted by Gasteiger charge is 2.41. The molecular weight excluding hydrogens is 346 g/mol. The third-order valence-electron chi connectivity index (χ3n) is 4.81. The van der Waals surface area contributed by atoms with E-state index in [1.165, 1.54) is 24.0 Å². The van der Waals surface area contributed by atoms with Crippen LogP contribution in [0.1, 0.15) is 31.2 Å². The first-order chi connectivity index (χ1) is 12.3. The second-order valence-corrected chi connectivity index (χ2v) is 7.68. The Labute approximate surface area is 159 Å². The number of benzene rings is 1. The number of hydrogen-bond donors (Lipinski definition) is 0. The summed E-state index contributed by atoms with van der Waals surface area (Å²) in [5, 5.41) is 0. The second kappa shape index (κ2) is 8.63. The normalized spacial score (nSPS) is 21.9. The van der Waals surface area contributed by atoms with E-state index in [1.54, 1.807) is 11.8 Å². The van der Waals surface area contributed by atoms with Gasteiger partial charge in [-0.05, 0) is 55.4 Å². The minimum absolute atomic E-state index is 0.193. The van der Waals surface area contributed by atoms with Crippen LogP contribution in [-0.2, 0) is 5.41 Å². The summed E-state index contributed by atoms with van der Waals surface area (Å²) in [5.41, 5.74) is 2.39. The molecule has 1 aliphatic carbocycles. The standard InChI is InChI=1S/C21H23NOS2/c1-25-20(24)21(18-9-7-14-22-16-18)13-6-5-8-17(21)12-15-23-19-10-3-2-4-11-19/h2-4,7,9-12,14,16H,5-6,8,13,15H2,1H3/b17-12+. The van der Waals surface area contributed by atoms with Crippen molar-refractivity contribution in [3.8, 4) is 5.75 Å². The number of ether oxygens (including phenoxy) is 1. The minimum Gasteiger partial charge on any atom is -0.490 e. The van der Waals surface area contributed by atoms with Gasteiger partial charge in [-0.1, -0.05) is 48.5 Å². The Balaban J connectivity index is 1.91. The molecule has 1 aromatic carbocycles. The molecule has 0 bridgehead atoms. The highest BCUT2D eigenvalue weighted by atomic mass is 32.2. The predicted molar refractivity (Wildman–Crippen MR) is 111 cm³/mol. The number of nitrogens with zero attached hydrogens (tertiary/aromatic N) is 1. The fourth-order valence-electron chi connectivity index (χ4n) is 3.58. The third kappa shape index (κ3) is 3.96. The Hall–Kier alpha value is -1.65. The molecule has 130 valence electrons. The van der Waals surface area contributed by atoms with E-state index < -0.39 is 0 Å². The topological polar surface area (TPSA) is 22.1 Å². The molecule has 0 saturated heterocycles. The first kappa shape index (κ1) is 18.2. The van der Waals surface area contributed by atoms with Gasteiger partial charge < -0.3 is 4.74 Å². The van der Waals surface area contributed by atoms with E-state index in [-0.39, 0.29) is 5.41 Å². The van der Waals surface area contributed by atoms with E-state index in [2.05, 4.69) is 23.4 Å². The van der Waals surface area contributed by atoms with Crippen LogP contribution in [0.15, 0.2) is 66.5 Å². The summed E-state index contributed by atoms with van der Waals surface area (Å²) in [6.07, 6.45) is 12.6. The number of pyridine rings is 1. The first-order valence-corrected chi connectivity index (χ1v) is 10.3. The van der Waals surface area contributed by atoms with Crippen LogP contribution in [0, 0.1) is 0 Å². The average Bonchev–Trinajstić information content (AvgIpc) is 2.69. The van der Waals surface area contributed by atoms with Gasteiger partial charge in [0, 0.05) is 12.4 Å². The van der Waals surface area contributed by atoms with Crippen molar-refractivity contribution in [2.24, 2.45) is 0 Å². The number of rotatable bonds is 5. The lowest BCUT2D eigenvalue weighted by atomic mass is 9.67. The molecule has 1 atom stereocenters. The average molecular weight is 370 g/mol. The minimum atomic E-state index is -0.193. The fourth-order valence-corrected chi connectivity index (χ4v) is 4.63. The third-order valence-corrected chi connectivity index (χ3v) is 6.37. The van der Waals surface area contributed by atoms with Crippen molar-refractivity contribution >= 4 is 28.2 Å². The van der Waals surface area contributed by atoms with Gasteiger partial charge in [0.2, 0.25) is 0 Å². The number of hydrogen-bond acceptors (Lipinski definition) is 4. The van der Waals surface area contributed by atoms with E-state index in [0.29, 0.717) is 6.61 Å². The molecule has 4 heteroatoms. The van der Waals surface area contributed by atoms with E-state index >= 15 is 0 Å². The highest BCUT2D eigenvalue weighted by molar-refractivity contribution is 8.22. The lowest BCUT2D eigenvalue weighted by molar-refractivity contribution is 0.357. The van der Waals surface area contributed by atoms with Crippen LogP contribution in [0.4, 0.5) is 0 Å². The van der Waals surface area contributed by atoms with Crippen molar-refractivity contribution in [1.82, 2.24) is 4.98 Å². The van der Waals surface area contributed by atoms with Gasteiger partial charge in [0.15, 0.2) is 0 Å². The molecule has 0 spiro atoms. The van der Waals surface area contributed by atoms with Gasteiger partial charge in [-0.15, -0.1) is 11.8 Å². The van der Waals surface area contributed by atoms with Gasteiger partial charge in [-0.2, -0.15) is 0 Å². The number of thiocarbonyl (C=S) groups is 1. The molecule has 0 amide bonds. The smallest absolute Gasteiger partial charge is 0.119 e. The molecule has 3 rings (SSSR count). The Morgan fingerprint density at radius 1 is 1.24 bits per heavy atom. The Bertz CT molecular complexity index is 730. The van der Waals surface area contributed by atoms with Crippen LogP contribution in [-0.4, -0.2) is 22.0 Å². The number of allylic oxidation sites excluding steroid dienone is 1. The first-order valence-electron chi connectivity index (χ1n) is 8.63. The molecule has 2 nitrogen and oxygen atoms in total. The maximum Gasteiger partial charge on any atom is 0.119 e. The molecule has 1 fully saturated rings. The highest BCUT2D eigenvalue weighted by Crippen LogP contribution is 2.46. The number of thioether (sulfide) groups is 1. The van der Waals surface area contributed by atoms with Gasteiger partial charge in [0.25, 0.3) is 0 Å². The van der Waals surface area contributed by atoms with Crippen molar-refractivity contribution in [1.29, 1.82) is 0 Å². The zero-order valence-electron chi connectivity index (χ0n) is 14.5. The van der Waals surface area contributed by atoms with Crippen LogP contribution in [0.25, 0.3) is 0 Å². The molecule has 25 heavy (non-hydrogen) atoms. The molecule has 1 heterocycles. The maximum absolute atomic E-state index is 5.91. The lowest BCUT2D eigenvalue weighted by Gasteiger charge is -2.40. The Morgan fingerprint density at radius 2 is 2.08 bits per heavy atom. The molecule has 1 saturated carbocycles. The second-order valence-electron chi connectivity index (χ2n) is 6.20. The lowest BCUT2D eigenvalue weighted by Crippen LogP contribution is -2.38. The van der Waals surface area contributed by atoms with Crippen molar-refractivity contribution in [3.05, 3.63) is 72.1 Å². The molecule has 0 aliphatic heterocycles. The van der Waals surface area contributed by atoms with E-state index in [0.717, 1.165) is 22.8 Å². The van der Waals surface area contributed by atoms with Crippen LogP contribution >= 0.6 is 24.0 Å². The van der Waals surface area contributed by atoms with Crippen LogP contribution in [0.5, 0.6) is 5.75 Å². The summed E-state index contributed by atoms with van der Waals surface area (Å²) in [6.45, 7) is 0.568. The van der Waals surface area contributed by atoms with Crippen LogP contribution in [0.3, 0.4) is 0 Å². The molecule has 1 unspecified atom stereocenters. The molecule has 1 aromatic heterocycles. The summed E-state index contributed by atoms with van der Waals surface area (Å²) in [5.74, 6) is 0.898. The van der Waals surface area contributed by atoms with E-state index in [9.17, 15) is 0 Å².